The second kappa shape index (κ2) is 26.1. The number of primary amides is 1. The first-order chi connectivity index (χ1) is 30.5. The Balaban J connectivity index is 2.18. The summed E-state index contributed by atoms with van der Waals surface area (Å²) < 4.78 is 0. The Labute approximate surface area is 375 Å². The van der Waals surface area contributed by atoms with Gasteiger partial charge in [-0.05, 0) is 65.2 Å². The van der Waals surface area contributed by atoms with E-state index in [1.807, 2.05) is 0 Å². The summed E-state index contributed by atoms with van der Waals surface area (Å²) >= 11 is 0. The summed E-state index contributed by atoms with van der Waals surface area (Å²) in [5.41, 5.74) is 10.8. The maximum absolute atomic E-state index is 13.9. The number of aliphatic carboxylic acids is 1. The number of carboxylic acid groups (broad SMARTS) is 1. The number of rotatable bonds is 25. The molecule has 0 aromatic carbocycles. The van der Waals surface area contributed by atoms with Gasteiger partial charge in [-0.2, -0.15) is 0 Å². The first-order valence-corrected chi connectivity index (χ1v) is 21.3. The Morgan fingerprint density at radius 3 is 1.42 bits per heavy atom. The molecule has 0 aliphatic carbocycles. The van der Waals surface area contributed by atoms with E-state index in [9.17, 15) is 68.1 Å². The molecule has 10 amide bonds. The van der Waals surface area contributed by atoms with Crippen molar-refractivity contribution in [2.75, 3.05) is 32.9 Å². The van der Waals surface area contributed by atoms with Crippen LogP contribution in [-0.4, -0.2) is 189 Å². The lowest BCUT2D eigenvalue weighted by Gasteiger charge is -2.31. The normalized spacial score (nSPS) is 19.5. The summed E-state index contributed by atoms with van der Waals surface area (Å²) in [6.07, 6.45) is 0.239. The van der Waals surface area contributed by atoms with Gasteiger partial charge in [0.25, 0.3) is 0 Å². The highest BCUT2D eigenvalue weighted by atomic mass is 16.4. The second-order valence-corrected chi connectivity index (χ2v) is 16.5. The molecule has 0 aromatic rings. The van der Waals surface area contributed by atoms with Crippen molar-refractivity contribution in [3.05, 3.63) is 0 Å². The smallest absolute Gasteiger partial charge is 0.325 e. The molecule has 2 rings (SSSR count). The van der Waals surface area contributed by atoms with E-state index < -0.39 is 158 Å². The van der Waals surface area contributed by atoms with Crippen LogP contribution >= 0.6 is 0 Å². The third-order valence-electron chi connectivity index (χ3n) is 10.6. The van der Waals surface area contributed by atoms with Crippen LogP contribution in [0.25, 0.3) is 0 Å². The number of aliphatic hydroxyl groups is 3. The molecule has 0 bridgehead atoms. The van der Waals surface area contributed by atoms with E-state index >= 15 is 0 Å². The lowest BCUT2D eigenvalue weighted by atomic mass is 10.0. The van der Waals surface area contributed by atoms with Crippen LogP contribution in [0.5, 0.6) is 0 Å². The number of likely N-dealkylation sites (tertiary alicyclic amines) is 2. The number of carbonyl (C=O) groups excluding carboxylic acids is 10. The Kier molecular flexibility index (Phi) is 22.1. The van der Waals surface area contributed by atoms with Crippen LogP contribution in [0.2, 0.25) is 0 Å². The summed E-state index contributed by atoms with van der Waals surface area (Å²) in [5.74, 6) is -10.2. The zero-order valence-corrected chi connectivity index (χ0v) is 37.2. The van der Waals surface area contributed by atoms with Gasteiger partial charge in [0.1, 0.15) is 54.4 Å². The standard InChI is InChI=1S/C39H65N11O15/c1-18(2)14-23(37(62)49-12-6-8-27(49)35(60)42-20(4)31(56)43-21(5)39(64)65)45-33(58)24(15-51)47-34(59)25(16-52)46-32(57)22(10-11-29(41)54)44-36(61)28-9-7-13-50(28)38(63)26(17-53)48-30(55)19(3)40/h18-28,51-53H,6-17,40H2,1-5H3,(H2,41,54)(H,42,60)(H,43,56)(H,44,61)(H,45,58)(H,46,57)(H,47,59)(H,48,55)(H,64,65)/t19-,20-,21-,22-,23-,24-,25-,26-,27-,28-/m0/s1. The number of carbonyl (C=O) groups is 11. The summed E-state index contributed by atoms with van der Waals surface area (Å²) in [5, 5.41) is 55.5. The van der Waals surface area contributed by atoms with Crippen molar-refractivity contribution in [1.29, 1.82) is 0 Å². The Hall–Kier alpha value is -5.99. The molecule has 366 valence electrons. The van der Waals surface area contributed by atoms with E-state index in [1.54, 1.807) is 13.8 Å². The molecule has 10 atom stereocenters. The lowest BCUT2D eigenvalue weighted by molar-refractivity contribution is -0.143. The van der Waals surface area contributed by atoms with Gasteiger partial charge in [-0.25, -0.2) is 0 Å². The first-order valence-electron chi connectivity index (χ1n) is 21.3. The zero-order valence-electron chi connectivity index (χ0n) is 37.2. The van der Waals surface area contributed by atoms with E-state index in [0.29, 0.717) is 12.8 Å². The van der Waals surface area contributed by atoms with Crippen LogP contribution in [-0.2, 0) is 52.7 Å². The van der Waals surface area contributed by atoms with Crippen LogP contribution in [0.1, 0.15) is 79.6 Å². The zero-order chi connectivity index (χ0) is 49.3. The molecule has 2 aliphatic rings. The van der Waals surface area contributed by atoms with Crippen molar-refractivity contribution < 1.29 is 73.2 Å². The lowest BCUT2D eigenvalue weighted by Crippen LogP contribution is -2.61. The predicted molar refractivity (Wildman–Crippen MR) is 225 cm³/mol. The van der Waals surface area contributed by atoms with E-state index in [1.165, 1.54) is 25.7 Å². The monoisotopic (exact) mass is 927 g/mol. The molecule has 0 unspecified atom stereocenters. The van der Waals surface area contributed by atoms with Gasteiger partial charge in [0.05, 0.1) is 25.9 Å². The Morgan fingerprint density at radius 2 is 0.985 bits per heavy atom. The molecule has 0 aromatic heterocycles. The maximum atomic E-state index is 13.9. The van der Waals surface area contributed by atoms with E-state index in [-0.39, 0.29) is 38.3 Å². The summed E-state index contributed by atoms with van der Waals surface area (Å²) in [6.45, 7) is 4.68. The first kappa shape index (κ1) is 55.1. The minimum absolute atomic E-state index is 0.0417. The molecular weight excluding hydrogens is 862 g/mol. The molecule has 0 spiro atoms. The highest BCUT2D eigenvalue weighted by Gasteiger charge is 2.41. The van der Waals surface area contributed by atoms with Gasteiger partial charge in [0.2, 0.25) is 59.1 Å². The topological polar surface area (TPSA) is 411 Å². The molecule has 15 N–H and O–H groups in total. The van der Waals surface area contributed by atoms with E-state index in [0.717, 1.165) is 4.90 Å². The molecule has 2 heterocycles. The summed E-state index contributed by atoms with van der Waals surface area (Å²) in [4.78, 5) is 144. The number of carboxylic acids is 1. The average molecular weight is 928 g/mol. The van der Waals surface area contributed by atoms with Gasteiger partial charge in [0, 0.05) is 19.5 Å². The minimum Gasteiger partial charge on any atom is -0.480 e. The van der Waals surface area contributed by atoms with Crippen LogP contribution in [0.3, 0.4) is 0 Å². The number of nitrogens with zero attached hydrogens (tertiary/aromatic N) is 2. The van der Waals surface area contributed by atoms with Gasteiger partial charge in [0.15, 0.2) is 0 Å². The van der Waals surface area contributed by atoms with E-state index in [2.05, 4.69) is 37.2 Å². The molecule has 65 heavy (non-hydrogen) atoms. The minimum atomic E-state index is -1.81. The van der Waals surface area contributed by atoms with Crippen LogP contribution in [0.15, 0.2) is 0 Å². The SMILES string of the molecule is CC(C)C[C@H](NC(=O)[C@H](CO)NC(=O)[C@H](CO)NC(=O)[C@H](CCC(N)=O)NC(=O)[C@@H]1CCCN1C(=O)[C@H](CO)NC(=O)[C@H](C)N)C(=O)N1CCC[C@H]1C(=O)N[C@@H](C)C(=O)N[C@@H](C)C(=O)O. The number of aliphatic hydroxyl groups excluding tert-OH is 3. The van der Waals surface area contributed by atoms with Crippen molar-refractivity contribution in [2.24, 2.45) is 17.4 Å². The van der Waals surface area contributed by atoms with Crippen molar-refractivity contribution in [2.45, 2.75) is 140 Å². The highest BCUT2D eigenvalue weighted by Crippen LogP contribution is 2.22. The number of amides is 10. The third-order valence-corrected chi connectivity index (χ3v) is 10.6. The van der Waals surface area contributed by atoms with Crippen molar-refractivity contribution in [3.63, 3.8) is 0 Å². The Bertz CT molecular complexity index is 1770. The van der Waals surface area contributed by atoms with Crippen LogP contribution in [0, 0.1) is 5.92 Å². The largest absolute Gasteiger partial charge is 0.480 e. The Morgan fingerprint density at radius 1 is 0.554 bits per heavy atom. The van der Waals surface area contributed by atoms with Gasteiger partial charge in [-0.3, -0.25) is 52.7 Å². The fraction of sp³-hybridized carbons (Fsp3) is 0.718. The number of hydrogen-bond donors (Lipinski definition) is 13. The number of hydrogen-bond acceptors (Lipinski definition) is 15. The average Bonchev–Trinajstić information content (AvgIpc) is 3.95. The molecule has 2 fully saturated rings. The molecular formula is C39H65N11O15. The summed E-state index contributed by atoms with van der Waals surface area (Å²) in [7, 11) is 0. The third kappa shape index (κ3) is 16.5. The van der Waals surface area contributed by atoms with Gasteiger partial charge in [-0.1, -0.05) is 13.8 Å². The summed E-state index contributed by atoms with van der Waals surface area (Å²) in [6, 6.07) is -13.5. The van der Waals surface area contributed by atoms with E-state index in [4.69, 9.17) is 16.6 Å². The van der Waals surface area contributed by atoms with Gasteiger partial charge in [-0.15, -0.1) is 0 Å². The number of nitrogens with one attached hydrogen (secondary N) is 7. The quantitative estimate of drug-likeness (QED) is 0.0405. The van der Waals surface area contributed by atoms with Crippen molar-refractivity contribution in [1.82, 2.24) is 47.0 Å². The predicted octanol–water partition coefficient (Wildman–Crippen LogP) is -6.88. The molecule has 0 radical (unpaired) electrons. The van der Waals surface area contributed by atoms with Crippen LogP contribution in [0.4, 0.5) is 0 Å². The fourth-order valence-electron chi connectivity index (χ4n) is 6.99. The van der Waals surface area contributed by atoms with Crippen molar-refractivity contribution in [3.8, 4) is 0 Å². The maximum Gasteiger partial charge on any atom is 0.325 e. The highest BCUT2D eigenvalue weighted by molar-refractivity contribution is 5.99. The molecule has 2 aliphatic heterocycles. The molecule has 26 nitrogen and oxygen atoms in total. The molecule has 26 heteroatoms. The second-order valence-electron chi connectivity index (χ2n) is 16.5. The van der Waals surface area contributed by atoms with Gasteiger partial charge >= 0.3 is 5.97 Å². The van der Waals surface area contributed by atoms with Gasteiger partial charge < -0.3 is 78.9 Å². The van der Waals surface area contributed by atoms with Crippen LogP contribution < -0.4 is 48.7 Å². The molecule has 2 saturated heterocycles. The molecule has 0 saturated carbocycles. The fourth-order valence-corrected chi connectivity index (χ4v) is 6.99. The van der Waals surface area contributed by atoms with Crippen molar-refractivity contribution >= 4 is 65.0 Å². The number of nitrogens with two attached hydrogens (primary N) is 2.